The zero-order valence-electron chi connectivity index (χ0n) is 15.3. The van der Waals surface area contributed by atoms with Crippen LogP contribution in [-0.4, -0.2) is 30.0 Å². The predicted molar refractivity (Wildman–Crippen MR) is 114 cm³/mol. The quantitative estimate of drug-likeness (QED) is 0.317. The largest absolute Gasteiger partial charge is 0.478 e. The van der Waals surface area contributed by atoms with Gasteiger partial charge in [0.2, 0.25) is 9.84 Å². The Labute approximate surface area is 176 Å². The first-order valence-corrected chi connectivity index (χ1v) is 10.7. The van der Waals surface area contributed by atoms with Crippen LogP contribution in [0.25, 0.3) is 0 Å². The molecule has 0 aromatic heterocycles. The Morgan fingerprint density at radius 1 is 0.767 bits per heavy atom. The number of carboxylic acids is 1. The van der Waals surface area contributed by atoms with Gasteiger partial charge in [-0.15, -0.1) is 0 Å². The minimum absolute atomic E-state index is 0.00330. The molecule has 30 heavy (non-hydrogen) atoms. The fourth-order valence-corrected chi connectivity index (χ4v) is 4.18. The van der Waals surface area contributed by atoms with Gasteiger partial charge in [-0.1, -0.05) is 12.1 Å². The first-order chi connectivity index (χ1) is 14.3. The highest BCUT2D eigenvalue weighted by atomic mass is 32.2. The lowest BCUT2D eigenvalue weighted by Gasteiger charge is -2.09. The predicted octanol–water partition coefficient (Wildman–Crippen LogP) is 4.00. The number of benzene rings is 3. The molecule has 0 aliphatic rings. The number of carboxylic acid groups (broad SMARTS) is 1. The van der Waals surface area contributed by atoms with E-state index < -0.39 is 21.7 Å². The van der Waals surface area contributed by atoms with Gasteiger partial charge in [0.05, 0.1) is 20.9 Å². The van der Waals surface area contributed by atoms with Crippen molar-refractivity contribution in [2.24, 2.45) is 0 Å². The Balaban J connectivity index is 1.79. The first kappa shape index (κ1) is 21.4. The van der Waals surface area contributed by atoms with E-state index in [2.05, 4.69) is 10.0 Å². The van der Waals surface area contributed by atoms with E-state index in [1.165, 1.54) is 66.7 Å². The van der Waals surface area contributed by atoms with E-state index in [1.807, 2.05) is 0 Å². The molecule has 1 amide bonds. The molecule has 0 heterocycles. The zero-order valence-corrected chi connectivity index (χ0v) is 16.9. The highest BCUT2D eigenvalue weighted by molar-refractivity contribution is 7.95. The number of amides is 1. The number of aromatic carboxylic acids is 1. The third kappa shape index (κ3) is 4.62. The van der Waals surface area contributed by atoms with E-state index in [0.717, 1.165) is 0 Å². The summed E-state index contributed by atoms with van der Waals surface area (Å²) in [5.41, 5.74) is 0.725. The summed E-state index contributed by atoms with van der Waals surface area (Å²) >= 11 is 0.405. The summed E-state index contributed by atoms with van der Waals surface area (Å²) in [6.07, 6.45) is 0. The molecule has 0 bridgehead atoms. The molecule has 0 aliphatic carbocycles. The van der Waals surface area contributed by atoms with Crippen molar-refractivity contribution in [3.05, 3.63) is 83.9 Å². The van der Waals surface area contributed by atoms with E-state index in [4.69, 9.17) is 4.55 Å². The molecule has 0 unspecified atom stereocenters. The van der Waals surface area contributed by atoms with Gasteiger partial charge in [0, 0.05) is 11.4 Å². The summed E-state index contributed by atoms with van der Waals surface area (Å²) in [5.74, 6) is -1.84. The van der Waals surface area contributed by atoms with Crippen LogP contribution in [0.5, 0.6) is 0 Å². The van der Waals surface area contributed by atoms with Crippen LogP contribution in [0.3, 0.4) is 0 Å². The van der Waals surface area contributed by atoms with Crippen molar-refractivity contribution in [3.63, 3.8) is 0 Å². The normalized spacial score (nSPS) is 11.0. The Morgan fingerprint density at radius 2 is 1.27 bits per heavy atom. The third-order valence-corrected chi connectivity index (χ3v) is 6.27. The van der Waals surface area contributed by atoms with Crippen LogP contribution in [0.2, 0.25) is 0 Å². The monoisotopic (exact) mass is 444 g/mol. The van der Waals surface area contributed by atoms with Crippen LogP contribution in [0.1, 0.15) is 20.7 Å². The second-order valence-electron chi connectivity index (χ2n) is 6.05. The minimum atomic E-state index is -3.77. The maximum Gasteiger partial charge on any atom is 0.336 e. The van der Waals surface area contributed by atoms with Gasteiger partial charge in [0.15, 0.2) is 0 Å². The SMILES string of the molecule is O=C(O)c1ccccc1C(=O)Nc1ccc(S(=O)(=O)c2ccc(NSO)cc2)cc1. The smallest absolute Gasteiger partial charge is 0.336 e. The van der Waals surface area contributed by atoms with Gasteiger partial charge in [-0.05, 0) is 60.7 Å². The zero-order chi connectivity index (χ0) is 21.7. The number of nitrogens with one attached hydrogen (secondary N) is 2. The molecule has 10 heteroatoms. The number of anilines is 2. The summed E-state index contributed by atoms with van der Waals surface area (Å²) < 4.78 is 36.8. The number of rotatable bonds is 7. The van der Waals surface area contributed by atoms with Gasteiger partial charge in [0.1, 0.15) is 12.2 Å². The molecule has 0 saturated carbocycles. The Kier molecular flexibility index (Phi) is 6.40. The topological polar surface area (TPSA) is 133 Å². The minimum Gasteiger partial charge on any atom is -0.478 e. The van der Waals surface area contributed by atoms with Crippen molar-refractivity contribution in [1.29, 1.82) is 0 Å². The van der Waals surface area contributed by atoms with Crippen LogP contribution in [0.15, 0.2) is 82.6 Å². The highest BCUT2D eigenvalue weighted by Gasteiger charge is 2.19. The van der Waals surface area contributed by atoms with Gasteiger partial charge in [-0.3, -0.25) is 4.79 Å². The van der Waals surface area contributed by atoms with Crippen molar-refractivity contribution in [3.8, 4) is 0 Å². The molecule has 0 fully saturated rings. The number of carbonyl (C=O) groups is 2. The molecule has 154 valence electrons. The fourth-order valence-electron chi connectivity index (χ4n) is 2.67. The lowest BCUT2D eigenvalue weighted by molar-refractivity contribution is 0.0692. The second kappa shape index (κ2) is 8.99. The molecule has 0 saturated heterocycles. The van der Waals surface area contributed by atoms with Gasteiger partial charge in [-0.2, -0.15) is 0 Å². The molecule has 4 N–H and O–H groups in total. The summed E-state index contributed by atoms with van der Waals surface area (Å²) in [4.78, 5) is 23.8. The molecule has 0 radical (unpaired) electrons. The van der Waals surface area contributed by atoms with E-state index in [-0.39, 0.29) is 20.9 Å². The van der Waals surface area contributed by atoms with Crippen LogP contribution in [0.4, 0.5) is 11.4 Å². The second-order valence-corrected chi connectivity index (χ2v) is 8.39. The molecule has 8 nitrogen and oxygen atoms in total. The van der Waals surface area contributed by atoms with Gasteiger partial charge in [0.25, 0.3) is 5.91 Å². The fraction of sp³-hybridized carbons (Fsp3) is 0. The molecule has 0 spiro atoms. The first-order valence-electron chi connectivity index (χ1n) is 8.48. The Morgan fingerprint density at radius 3 is 1.77 bits per heavy atom. The lowest BCUT2D eigenvalue weighted by Crippen LogP contribution is -2.16. The summed E-state index contributed by atoms with van der Waals surface area (Å²) in [6.45, 7) is 0. The average Bonchev–Trinajstić information content (AvgIpc) is 2.74. The van der Waals surface area contributed by atoms with Crippen LogP contribution in [-0.2, 0) is 9.84 Å². The number of hydrogen-bond donors (Lipinski definition) is 4. The lowest BCUT2D eigenvalue weighted by atomic mass is 10.1. The molecule has 0 aliphatic heterocycles. The van der Waals surface area contributed by atoms with Crippen LogP contribution in [0, 0.1) is 0 Å². The van der Waals surface area contributed by atoms with Gasteiger partial charge >= 0.3 is 5.97 Å². The summed E-state index contributed by atoms with van der Waals surface area (Å²) in [6, 6.07) is 17.2. The number of sulfone groups is 1. The van der Waals surface area contributed by atoms with Crippen LogP contribution < -0.4 is 10.0 Å². The summed E-state index contributed by atoms with van der Waals surface area (Å²) in [5, 5.41) is 11.8. The average molecular weight is 444 g/mol. The number of hydrogen-bond acceptors (Lipinski definition) is 7. The molecule has 3 aromatic rings. The van der Waals surface area contributed by atoms with E-state index in [9.17, 15) is 23.1 Å². The van der Waals surface area contributed by atoms with Gasteiger partial charge < -0.3 is 19.7 Å². The molecular weight excluding hydrogens is 428 g/mol. The molecule has 0 atom stereocenters. The Bertz CT molecular complexity index is 1180. The van der Waals surface area contributed by atoms with Crippen LogP contribution >= 0.6 is 12.2 Å². The molecular formula is C20H16N2O6S2. The van der Waals surface area contributed by atoms with E-state index in [0.29, 0.717) is 23.6 Å². The van der Waals surface area contributed by atoms with Crippen molar-refractivity contribution in [1.82, 2.24) is 0 Å². The van der Waals surface area contributed by atoms with E-state index in [1.54, 1.807) is 6.07 Å². The van der Waals surface area contributed by atoms with Crippen molar-refractivity contribution < 1.29 is 27.7 Å². The third-order valence-electron chi connectivity index (χ3n) is 4.15. The highest BCUT2D eigenvalue weighted by Crippen LogP contribution is 2.24. The van der Waals surface area contributed by atoms with E-state index >= 15 is 0 Å². The summed E-state index contributed by atoms with van der Waals surface area (Å²) in [7, 11) is -3.77. The standard InChI is InChI=1S/C20H16N2O6S2/c23-19(17-3-1-2-4-18(17)20(24)25)21-13-5-9-15(10-6-13)30(27,28)16-11-7-14(8-12-16)22-29-26/h1-12,22,26H,(H,21,23)(H,24,25). The molecule has 3 aromatic carbocycles. The maximum atomic E-state index is 12.7. The van der Waals surface area contributed by atoms with Crippen molar-refractivity contribution in [2.45, 2.75) is 9.79 Å². The molecule has 3 rings (SSSR count). The Hall–Kier alpha value is -3.34. The number of carbonyl (C=O) groups excluding carboxylic acids is 1. The van der Waals surface area contributed by atoms with Gasteiger partial charge in [-0.25, -0.2) is 13.2 Å². The van der Waals surface area contributed by atoms with Crippen molar-refractivity contribution in [2.75, 3.05) is 10.0 Å². The maximum absolute atomic E-state index is 12.7. The van der Waals surface area contributed by atoms with Crippen molar-refractivity contribution >= 4 is 45.3 Å².